The van der Waals surface area contributed by atoms with Gasteiger partial charge in [-0.3, -0.25) is 9.59 Å². The van der Waals surface area contributed by atoms with Crippen LogP contribution in [0.25, 0.3) is 0 Å². The summed E-state index contributed by atoms with van der Waals surface area (Å²) in [6.07, 6.45) is 1.98. The summed E-state index contributed by atoms with van der Waals surface area (Å²) >= 11 is 0. The van der Waals surface area contributed by atoms with E-state index in [0.29, 0.717) is 19.0 Å². The average molecular weight is 226 g/mol. The molecular formula is C11H18N2O3. The largest absolute Gasteiger partial charge is 0.481 e. The first-order chi connectivity index (χ1) is 7.58. The molecule has 2 N–H and O–H groups in total. The predicted molar refractivity (Wildman–Crippen MR) is 57.9 cm³/mol. The van der Waals surface area contributed by atoms with Gasteiger partial charge < -0.3 is 15.3 Å². The lowest BCUT2D eigenvalue weighted by Gasteiger charge is -2.40. The molecule has 0 radical (unpaired) electrons. The van der Waals surface area contributed by atoms with Crippen LogP contribution in [0.5, 0.6) is 0 Å². The number of amides is 1. The van der Waals surface area contributed by atoms with Gasteiger partial charge in [-0.15, -0.1) is 0 Å². The second-order valence-electron chi connectivity index (χ2n) is 4.91. The minimum Gasteiger partial charge on any atom is -0.481 e. The van der Waals surface area contributed by atoms with E-state index in [2.05, 4.69) is 12.2 Å². The smallest absolute Gasteiger partial charge is 0.310 e. The van der Waals surface area contributed by atoms with E-state index in [9.17, 15) is 9.59 Å². The Bertz CT molecular complexity index is 300. The highest BCUT2D eigenvalue weighted by Gasteiger charge is 2.38. The van der Waals surface area contributed by atoms with E-state index in [1.807, 2.05) is 0 Å². The van der Waals surface area contributed by atoms with Gasteiger partial charge in [0, 0.05) is 13.1 Å². The lowest BCUT2D eigenvalue weighted by atomic mass is 9.91. The third kappa shape index (κ3) is 2.19. The third-order valence-corrected chi connectivity index (χ3v) is 3.51. The van der Waals surface area contributed by atoms with Crippen LogP contribution in [0.2, 0.25) is 0 Å². The molecule has 2 atom stereocenters. The Morgan fingerprint density at radius 1 is 1.38 bits per heavy atom. The Morgan fingerprint density at radius 2 is 2.06 bits per heavy atom. The van der Waals surface area contributed by atoms with E-state index in [0.717, 1.165) is 19.4 Å². The number of hydrogen-bond donors (Lipinski definition) is 2. The number of aliphatic carboxylic acids is 1. The van der Waals surface area contributed by atoms with Crippen LogP contribution in [0.1, 0.15) is 19.8 Å². The molecule has 5 nitrogen and oxygen atoms in total. The summed E-state index contributed by atoms with van der Waals surface area (Å²) in [4.78, 5) is 24.2. The molecule has 2 rings (SSSR count). The Labute approximate surface area is 94.8 Å². The second-order valence-corrected chi connectivity index (χ2v) is 4.91. The first-order valence-electron chi connectivity index (χ1n) is 5.83. The molecule has 2 saturated heterocycles. The molecule has 0 aromatic carbocycles. The molecule has 5 heteroatoms. The SMILES string of the molecule is CC1CCNC(C(=O)N2CC(C(=O)O)C2)C1. The van der Waals surface area contributed by atoms with Crippen molar-refractivity contribution in [3.63, 3.8) is 0 Å². The van der Waals surface area contributed by atoms with Crippen molar-refractivity contribution in [3.05, 3.63) is 0 Å². The number of carbonyl (C=O) groups is 2. The number of carboxylic acid groups (broad SMARTS) is 1. The Kier molecular flexibility index (Phi) is 3.14. The highest BCUT2D eigenvalue weighted by molar-refractivity contribution is 5.85. The summed E-state index contributed by atoms with van der Waals surface area (Å²) in [7, 11) is 0. The fraction of sp³-hybridized carbons (Fsp3) is 0.818. The molecule has 1 amide bonds. The number of nitrogens with one attached hydrogen (secondary N) is 1. The van der Waals surface area contributed by atoms with Crippen molar-refractivity contribution < 1.29 is 14.7 Å². The monoisotopic (exact) mass is 226 g/mol. The fourth-order valence-corrected chi connectivity index (χ4v) is 2.33. The Morgan fingerprint density at radius 3 is 2.62 bits per heavy atom. The van der Waals surface area contributed by atoms with Crippen molar-refractivity contribution in [2.45, 2.75) is 25.8 Å². The number of likely N-dealkylation sites (tertiary alicyclic amines) is 1. The van der Waals surface area contributed by atoms with Crippen LogP contribution in [-0.4, -0.2) is 47.6 Å². The van der Waals surface area contributed by atoms with E-state index < -0.39 is 5.97 Å². The Balaban J connectivity index is 1.82. The van der Waals surface area contributed by atoms with E-state index in [4.69, 9.17) is 5.11 Å². The molecular weight excluding hydrogens is 208 g/mol. The lowest BCUT2D eigenvalue weighted by molar-refractivity contribution is -0.154. The van der Waals surface area contributed by atoms with Crippen LogP contribution >= 0.6 is 0 Å². The van der Waals surface area contributed by atoms with E-state index in [-0.39, 0.29) is 17.9 Å². The first kappa shape index (κ1) is 11.4. The summed E-state index contributed by atoms with van der Waals surface area (Å²) < 4.78 is 0. The van der Waals surface area contributed by atoms with E-state index >= 15 is 0 Å². The number of carboxylic acids is 1. The van der Waals surface area contributed by atoms with Gasteiger partial charge in [0.15, 0.2) is 0 Å². The highest BCUT2D eigenvalue weighted by atomic mass is 16.4. The van der Waals surface area contributed by atoms with Crippen molar-refractivity contribution >= 4 is 11.9 Å². The average Bonchev–Trinajstić information content (AvgIpc) is 2.14. The number of piperidine rings is 1. The lowest BCUT2D eigenvalue weighted by Crippen LogP contribution is -2.59. The zero-order chi connectivity index (χ0) is 11.7. The zero-order valence-electron chi connectivity index (χ0n) is 9.48. The van der Waals surface area contributed by atoms with Crippen LogP contribution < -0.4 is 5.32 Å². The topological polar surface area (TPSA) is 69.6 Å². The van der Waals surface area contributed by atoms with Crippen LogP contribution in [-0.2, 0) is 9.59 Å². The standard InChI is InChI=1S/C11H18N2O3/c1-7-2-3-12-9(4-7)10(14)13-5-8(6-13)11(15)16/h7-9,12H,2-6H2,1H3,(H,15,16). The fourth-order valence-electron chi connectivity index (χ4n) is 2.33. The third-order valence-electron chi connectivity index (χ3n) is 3.51. The maximum absolute atomic E-state index is 12.0. The second kappa shape index (κ2) is 4.41. The maximum Gasteiger partial charge on any atom is 0.310 e. The molecule has 0 aromatic rings. The van der Waals surface area contributed by atoms with Crippen LogP contribution in [0.3, 0.4) is 0 Å². The van der Waals surface area contributed by atoms with Gasteiger partial charge in [-0.1, -0.05) is 6.92 Å². The zero-order valence-corrected chi connectivity index (χ0v) is 9.48. The molecule has 90 valence electrons. The first-order valence-corrected chi connectivity index (χ1v) is 5.83. The van der Waals surface area contributed by atoms with Crippen molar-refractivity contribution in [2.24, 2.45) is 11.8 Å². The molecule has 0 aromatic heterocycles. The quantitative estimate of drug-likeness (QED) is 0.691. The normalized spacial score (nSPS) is 30.9. The van der Waals surface area contributed by atoms with Gasteiger partial charge in [0.2, 0.25) is 5.91 Å². The summed E-state index contributed by atoms with van der Waals surface area (Å²) in [5, 5.41) is 11.9. The van der Waals surface area contributed by atoms with E-state index in [1.54, 1.807) is 4.90 Å². The Hall–Kier alpha value is -1.10. The van der Waals surface area contributed by atoms with Crippen molar-refractivity contribution in [1.82, 2.24) is 10.2 Å². The number of carbonyl (C=O) groups excluding carboxylic acids is 1. The van der Waals surface area contributed by atoms with Gasteiger partial charge in [-0.25, -0.2) is 0 Å². The van der Waals surface area contributed by atoms with Gasteiger partial charge in [0.1, 0.15) is 0 Å². The van der Waals surface area contributed by atoms with Crippen molar-refractivity contribution in [1.29, 1.82) is 0 Å². The summed E-state index contributed by atoms with van der Waals surface area (Å²) in [6, 6.07) is -0.0986. The van der Waals surface area contributed by atoms with Crippen LogP contribution in [0.15, 0.2) is 0 Å². The molecule has 0 spiro atoms. The highest BCUT2D eigenvalue weighted by Crippen LogP contribution is 2.21. The van der Waals surface area contributed by atoms with Crippen LogP contribution in [0, 0.1) is 11.8 Å². The molecule has 16 heavy (non-hydrogen) atoms. The van der Waals surface area contributed by atoms with Gasteiger partial charge >= 0.3 is 5.97 Å². The van der Waals surface area contributed by atoms with Gasteiger partial charge in [-0.2, -0.15) is 0 Å². The number of nitrogens with zero attached hydrogens (tertiary/aromatic N) is 1. The number of rotatable bonds is 2. The molecule has 2 aliphatic heterocycles. The molecule has 2 aliphatic rings. The number of hydrogen-bond acceptors (Lipinski definition) is 3. The molecule has 2 heterocycles. The van der Waals surface area contributed by atoms with Gasteiger partial charge in [-0.05, 0) is 25.3 Å². The molecule has 0 aliphatic carbocycles. The maximum atomic E-state index is 12.0. The van der Waals surface area contributed by atoms with Gasteiger partial charge in [0.25, 0.3) is 0 Å². The summed E-state index contributed by atoms with van der Waals surface area (Å²) in [5.41, 5.74) is 0. The molecule has 0 bridgehead atoms. The molecule has 2 fully saturated rings. The molecule has 0 saturated carbocycles. The van der Waals surface area contributed by atoms with Crippen molar-refractivity contribution in [3.8, 4) is 0 Å². The molecule has 2 unspecified atom stereocenters. The van der Waals surface area contributed by atoms with Crippen LogP contribution in [0.4, 0.5) is 0 Å². The predicted octanol–water partition coefficient (Wildman–Crippen LogP) is -0.0825. The minimum atomic E-state index is -0.797. The minimum absolute atomic E-state index is 0.0732. The summed E-state index contributed by atoms with van der Waals surface area (Å²) in [6.45, 7) is 3.78. The van der Waals surface area contributed by atoms with E-state index in [1.165, 1.54) is 0 Å². The van der Waals surface area contributed by atoms with Crippen molar-refractivity contribution in [2.75, 3.05) is 19.6 Å². The summed E-state index contributed by atoms with van der Waals surface area (Å²) in [5.74, 6) is -0.505. The van der Waals surface area contributed by atoms with Gasteiger partial charge in [0.05, 0.1) is 12.0 Å².